The molecule has 0 radical (unpaired) electrons. The van der Waals surface area contributed by atoms with Gasteiger partial charge in [-0.3, -0.25) is 4.68 Å². The van der Waals surface area contributed by atoms with E-state index >= 15 is 0 Å². The van der Waals surface area contributed by atoms with Crippen LogP contribution < -0.4 is 10.1 Å². The summed E-state index contributed by atoms with van der Waals surface area (Å²) in [5, 5.41) is 7.43. The van der Waals surface area contributed by atoms with Crippen LogP contribution in [-0.2, 0) is 6.54 Å². The summed E-state index contributed by atoms with van der Waals surface area (Å²) in [6.07, 6.45) is 5.61. The fourth-order valence-electron chi connectivity index (χ4n) is 1.85. The van der Waals surface area contributed by atoms with Crippen LogP contribution in [0.1, 0.15) is 38.8 Å². The van der Waals surface area contributed by atoms with Crippen LogP contribution in [0.2, 0.25) is 0 Å². The van der Waals surface area contributed by atoms with E-state index in [0.717, 1.165) is 19.2 Å². The molecule has 0 atom stereocenters. The van der Waals surface area contributed by atoms with Crippen molar-refractivity contribution in [2.24, 2.45) is 0 Å². The maximum atomic E-state index is 13.3. The number of hydrogen-bond donors (Lipinski definition) is 1. The molecule has 2 rings (SSSR count). The monoisotopic (exact) mass is 292 g/mol. The maximum absolute atomic E-state index is 13.3. The van der Waals surface area contributed by atoms with Crippen LogP contribution in [0.3, 0.4) is 0 Å². The number of nitrogens with one attached hydrogen (secondary N) is 1. The number of aromatic nitrogens is 3. The van der Waals surface area contributed by atoms with E-state index in [4.69, 9.17) is 4.74 Å². The summed E-state index contributed by atoms with van der Waals surface area (Å²) in [6, 6.07) is 1.70. The number of nitrogens with zero attached hydrogens (tertiary/aromatic N) is 3. The number of hydrogen-bond acceptors (Lipinski definition) is 4. The molecule has 0 aliphatic heterocycles. The molecule has 0 fully saturated rings. The summed E-state index contributed by atoms with van der Waals surface area (Å²) in [4.78, 5) is 4.03. The summed E-state index contributed by atoms with van der Waals surface area (Å²) >= 11 is 0. The first-order valence-corrected chi connectivity index (χ1v) is 7.17. The molecule has 0 aromatic carbocycles. The molecule has 0 saturated carbocycles. The third-order valence-corrected chi connectivity index (χ3v) is 2.96. The van der Waals surface area contributed by atoms with Crippen molar-refractivity contribution in [2.75, 3.05) is 6.54 Å². The Kier molecular flexibility index (Phi) is 5.27. The van der Waals surface area contributed by atoms with Crippen LogP contribution in [0.15, 0.2) is 24.7 Å². The molecule has 0 unspecified atom stereocenters. The van der Waals surface area contributed by atoms with Crippen LogP contribution in [0.5, 0.6) is 11.6 Å². The fourth-order valence-corrected chi connectivity index (χ4v) is 1.85. The lowest BCUT2D eigenvalue weighted by Gasteiger charge is -2.09. The molecule has 0 saturated heterocycles. The average molecular weight is 292 g/mol. The molecule has 2 aromatic rings. The minimum Gasteiger partial charge on any atom is -0.435 e. The molecule has 1 N–H and O–H groups in total. The lowest BCUT2D eigenvalue weighted by molar-refractivity contribution is 0.445. The van der Waals surface area contributed by atoms with E-state index in [1.807, 2.05) is 13.8 Å². The van der Waals surface area contributed by atoms with Gasteiger partial charge < -0.3 is 10.1 Å². The van der Waals surface area contributed by atoms with Crippen molar-refractivity contribution in [1.29, 1.82) is 0 Å². The molecular formula is C15H21FN4O. The smallest absolute Gasteiger partial charge is 0.224 e. The summed E-state index contributed by atoms with van der Waals surface area (Å²) < 4.78 is 20.9. The Morgan fingerprint density at radius 1 is 1.38 bits per heavy atom. The number of pyridine rings is 1. The molecule has 21 heavy (non-hydrogen) atoms. The molecule has 0 bridgehead atoms. The van der Waals surface area contributed by atoms with E-state index in [1.54, 1.807) is 17.1 Å². The lowest BCUT2D eigenvalue weighted by atomic mass is 10.2. The summed E-state index contributed by atoms with van der Waals surface area (Å²) in [7, 11) is 0. The van der Waals surface area contributed by atoms with Crippen molar-refractivity contribution in [3.63, 3.8) is 0 Å². The van der Waals surface area contributed by atoms with E-state index in [9.17, 15) is 4.39 Å². The Morgan fingerprint density at radius 2 is 2.19 bits per heavy atom. The van der Waals surface area contributed by atoms with Crippen molar-refractivity contribution in [1.82, 2.24) is 20.1 Å². The van der Waals surface area contributed by atoms with Gasteiger partial charge in [-0.05, 0) is 32.9 Å². The average Bonchev–Trinajstić information content (AvgIpc) is 2.91. The molecule has 0 amide bonds. The van der Waals surface area contributed by atoms with Gasteiger partial charge in [0.05, 0.1) is 18.6 Å². The predicted octanol–water partition coefficient (Wildman–Crippen LogP) is 3.29. The topological polar surface area (TPSA) is 52.0 Å². The van der Waals surface area contributed by atoms with Crippen molar-refractivity contribution < 1.29 is 9.13 Å². The van der Waals surface area contributed by atoms with Gasteiger partial charge in [-0.1, -0.05) is 6.92 Å². The molecule has 2 heterocycles. The molecule has 6 heteroatoms. The lowest BCUT2D eigenvalue weighted by Crippen LogP contribution is -2.15. The quantitative estimate of drug-likeness (QED) is 0.796. The van der Waals surface area contributed by atoms with Gasteiger partial charge in [0.25, 0.3) is 0 Å². The summed E-state index contributed by atoms with van der Waals surface area (Å²) in [6.45, 7) is 7.53. The summed E-state index contributed by atoms with van der Waals surface area (Å²) in [5.41, 5.74) is 0.695. The maximum Gasteiger partial charge on any atom is 0.224 e. The Hall–Kier alpha value is -1.95. The summed E-state index contributed by atoms with van der Waals surface area (Å²) in [5.74, 6) is 0.636. The molecule has 2 aromatic heterocycles. The van der Waals surface area contributed by atoms with Crippen LogP contribution in [0.4, 0.5) is 4.39 Å². The third kappa shape index (κ3) is 4.26. The van der Waals surface area contributed by atoms with Crippen LogP contribution in [0.25, 0.3) is 0 Å². The normalized spacial score (nSPS) is 11.1. The second kappa shape index (κ2) is 7.17. The fraction of sp³-hybridized carbons (Fsp3) is 0.467. The minimum atomic E-state index is -0.367. The second-order valence-corrected chi connectivity index (χ2v) is 5.15. The highest BCUT2D eigenvalue weighted by atomic mass is 19.1. The molecule has 5 nitrogen and oxygen atoms in total. The number of halogens is 1. The van der Waals surface area contributed by atoms with Gasteiger partial charge in [0, 0.05) is 18.2 Å². The van der Waals surface area contributed by atoms with Crippen LogP contribution >= 0.6 is 0 Å². The zero-order valence-electron chi connectivity index (χ0n) is 12.6. The van der Waals surface area contributed by atoms with E-state index in [2.05, 4.69) is 22.3 Å². The Morgan fingerprint density at radius 3 is 2.86 bits per heavy atom. The van der Waals surface area contributed by atoms with Gasteiger partial charge in [-0.2, -0.15) is 5.10 Å². The standard InChI is InChI=1S/C15H21FN4O/c1-4-5-17-7-12-6-13(16)8-18-15(12)21-14-9-19-20(10-14)11(2)3/h6,8-11,17H,4-5,7H2,1-3H3. The van der Waals surface area contributed by atoms with Gasteiger partial charge in [-0.15, -0.1) is 0 Å². The van der Waals surface area contributed by atoms with Gasteiger partial charge in [-0.25, -0.2) is 9.37 Å². The molecule has 0 spiro atoms. The van der Waals surface area contributed by atoms with Crippen LogP contribution in [-0.4, -0.2) is 21.3 Å². The first-order valence-electron chi connectivity index (χ1n) is 7.17. The first kappa shape index (κ1) is 15.4. The van der Waals surface area contributed by atoms with Gasteiger partial charge in [0.15, 0.2) is 5.75 Å². The van der Waals surface area contributed by atoms with Crippen LogP contribution in [0, 0.1) is 5.82 Å². The second-order valence-electron chi connectivity index (χ2n) is 5.15. The van der Waals surface area contributed by atoms with E-state index in [0.29, 0.717) is 23.7 Å². The third-order valence-electron chi connectivity index (χ3n) is 2.96. The number of ether oxygens (including phenoxy) is 1. The van der Waals surface area contributed by atoms with Crippen molar-refractivity contribution in [2.45, 2.75) is 39.8 Å². The highest BCUT2D eigenvalue weighted by molar-refractivity contribution is 5.30. The molecule has 114 valence electrons. The molecule has 0 aliphatic rings. The van der Waals surface area contributed by atoms with E-state index in [1.165, 1.54) is 6.07 Å². The molecular weight excluding hydrogens is 271 g/mol. The van der Waals surface area contributed by atoms with Crippen molar-refractivity contribution >= 4 is 0 Å². The zero-order chi connectivity index (χ0) is 15.2. The predicted molar refractivity (Wildman–Crippen MR) is 78.9 cm³/mol. The first-order chi connectivity index (χ1) is 10.1. The Labute approximate surface area is 124 Å². The highest BCUT2D eigenvalue weighted by Crippen LogP contribution is 2.24. The van der Waals surface area contributed by atoms with Crippen molar-refractivity contribution in [3.8, 4) is 11.6 Å². The number of rotatable bonds is 7. The van der Waals surface area contributed by atoms with E-state index < -0.39 is 0 Å². The zero-order valence-corrected chi connectivity index (χ0v) is 12.6. The minimum absolute atomic E-state index is 0.259. The van der Waals surface area contributed by atoms with E-state index in [-0.39, 0.29) is 11.9 Å². The SMILES string of the molecule is CCCNCc1cc(F)cnc1Oc1cnn(C(C)C)c1. The van der Waals surface area contributed by atoms with Gasteiger partial charge in [0.2, 0.25) is 5.88 Å². The van der Waals surface area contributed by atoms with Gasteiger partial charge >= 0.3 is 0 Å². The molecule has 0 aliphatic carbocycles. The Bertz CT molecular complexity index is 583. The highest BCUT2D eigenvalue weighted by Gasteiger charge is 2.10. The van der Waals surface area contributed by atoms with Crippen molar-refractivity contribution in [3.05, 3.63) is 36.0 Å². The largest absolute Gasteiger partial charge is 0.435 e. The van der Waals surface area contributed by atoms with Gasteiger partial charge in [0.1, 0.15) is 5.82 Å². The Balaban J connectivity index is 2.13.